The lowest BCUT2D eigenvalue weighted by Crippen LogP contribution is -2.36. The van der Waals surface area contributed by atoms with E-state index >= 15 is 0 Å². The van der Waals surface area contributed by atoms with Crippen LogP contribution in [0.3, 0.4) is 0 Å². The highest BCUT2D eigenvalue weighted by atomic mass is 32.2. The first-order valence-corrected chi connectivity index (χ1v) is 12.3. The van der Waals surface area contributed by atoms with Gasteiger partial charge in [-0.05, 0) is 69.3 Å². The van der Waals surface area contributed by atoms with Crippen molar-refractivity contribution >= 4 is 22.1 Å². The number of nitrogens with two attached hydrogens (primary N) is 2. The maximum Gasteiger partial charge on any atom is 0.185 e. The number of hydrogen-bond donors (Lipinski definition) is 2. The van der Waals surface area contributed by atoms with Gasteiger partial charge in [0.15, 0.2) is 15.8 Å². The van der Waals surface area contributed by atoms with E-state index in [4.69, 9.17) is 11.5 Å². The summed E-state index contributed by atoms with van der Waals surface area (Å²) in [6, 6.07) is 0. The second-order valence-corrected chi connectivity index (χ2v) is 11.5. The van der Waals surface area contributed by atoms with Crippen LogP contribution >= 0.6 is 0 Å². The molecule has 0 saturated carbocycles. The highest BCUT2D eigenvalue weighted by Gasteiger charge is 2.37. The van der Waals surface area contributed by atoms with Crippen LogP contribution in [0, 0.1) is 11.3 Å². The maximum atomic E-state index is 12.7. The second kappa shape index (κ2) is 10.9. The van der Waals surface area contributed by atoms with Crippen molar-refractivity contribution < 1.29 is 13.2 Å². The molecule has 30 heavy (non-hydrogen) atoms. The van der Waals surface area contributed by atoms with E-state index in [1.54, 1.807) is 6.92 Å². The van der Waals surface area contributed by atoms with Crippen molar-refractivity contribution in [2.75, 3.05) is 12.3 Å². The number of aliphatic imine (C=N–C) groups is 1. The van der Waals surface area contributed by atoms with Crippen LogP contribution in [0.5, 0.6) is 0 Å². The Hall–Kier alpha value is -1.89. The Labute approximate surface area is 182 Å². The summed E-state index contributed by atoms with van der Waals surface area (Å²) < 4.78 is 24.4. The zero-order valence-corrected chi connectivity index (χ0v) is 19.8. The quantitative estimate of drug-likeness (QED) is 0.209. The van der Waals surface area contributed by atoms with E-state index in [1.807, 2.05) is 0 Å². The summed E-state index contributed by atoms with van der Waals surface area (Å²) in [6.45, 7) is 12.0. The van der Waals surface area contributed by atoms with Gasteiger partial charge in [0.1, 0.15) is 6.29 Å². The van der Waals surface area contributed by atoms with E-state index in [2.05, 4.69) is 44.5 Å². The van der Waals surface area contributed by atoms with Gasteiger partial charge in [-0.1, -0.05) is 37.6 Å². The molecule has 0 bridgehead atoms. The van der Waals surface area contributed by atoms with E-state index < -0.39 is 14.6 Å². The van der Waals surface area contributed by atoms with Crippen LogP contribution in [-0.4, -0.2) is 37.7 Å². The van der Waals surface area contributed by atoms with E-state index in [0.717, 1.165) is 37.5 Å². The molecule has 1 aliphatic carbocycles. The van der Waals surface area contributed by atoms with E-state index in [1.165, 1.54) is 11.6 Å². The zero-order chi connectivity index (χ0) is 23.0. The molecule has 0 aromatic heterocycles. The average Bonchev–Trinajstić information content (AvgIpc) is 2.67. The van der Waals surface area contributed by atoms with Crippen LogP contribution in [0.4, 0.5) is 0 Å². The lowest BCUT2D eigenvalue weighted by molar-refractivity contribution is -0.106. The van der Waals surface area contributed by atoms with Crippen molar-refractivity contribution in [3.05, 3.63) is 36.0 Å². The summed E-state index contributed by atoms with van der Waals surface area (Å²) in [7, 11) is -3.43. The third kappa shape index (κ3) is 6.56. The highest BCUT2D eigenvalue weighted by molar-refractivity contribution is 7.93. The first-order chi connectivity index (χ1) is 13.9. The summed E-state index contributed by atoms with van der Waals surface area (Å²) in [5.74, 6) is 0.236. The van der Waals surface area contributed by atoms with Gasteiger partial charge in [0, 0.05) is 0 Å². The fourth-order valence-electron chi connectivity index (χ4n) is 3.98. The van der Waals surface area contributed by atoms with Gasteiger partial charge >= 0.3 is 0 Å². The molecule has 1 rings (SSSR count). The standard InChI is InChI=1S/C23H39N3O3S/c1-6-22(4,30(28,29)16-15-26-21(24)25)13-8-9-18(2)12-14-23(5)19(3)10-7-11-20(23)17-27/h6,9,11,17,19H,1,7-8,10,12-16H2,2-5H3,(H4,24,25,26)/b18-9+/t19-,22+,23+/m1/s1. The minimum absolute atomic E-state index is 0.0479. The Morgan fingerprint density at radius 1 is 1.43 bits per heavy atom. The van der Waals surface area contributed by atoms with Crippen LogP contribution in [0.25, 0.3) is 0 Å². The van der Waals surface area contributed by atoms with Crippen LogP contribution < -0.4 is 11.5 Å². The number of rotatable bonds is 12. The molecule has 3 atom stereocenters. The summed E-state index contributed by atoms with van der Waals surface area (Å²) in [6.07, 6.45) is 11.7. The SMILES string of the molecule is C=C[C@@](C)(CC/C=C(\C)CC[C@]1(C)C(C=O)=CCC[C@H]1C)S(=O)(=O)CCN=C(N)N. The topological polar surface area (TPSA) is 116 Å². The number of carbonyl (C=O) groups is 1. The Kier molecular flexibility index (Phi) is 9.53. The molecular formula is C23H39N3O3S. The molecule has 0 saturated heterocycles. The normalized spacial score (nSPS) is 24.5. The Balaban J connectivity index is 2.73. The van der Waals surface area contributed by atoms with E-state index in [0.29, 0.717) is 18.8 Å². The predicted octanol–water partition coefficient (Wildman–Crippen LogP) is 3.69. The Morgan fingerprint density at radius 2 is 2.10 bits per heavy atom. The number of carbonyl (C=O) groups excluding carboxylic acids is 1. The molecule has 0 spiro atoms. The Morgan fingerprint density at radius 3 is 2.67 bits per heavy atom. The lowest BCUT2D eigenvalue weighted by Gasteiger charge is -2.39. The van der Waals surface area contributed by atoms with Crippen LogP contribution in [0.1, 0.15) is 66.2 Å². The van der Waals surface area contributed by atoms with Crippen LogP contribution in [0.2, 0.25) is 0 Å². The monoisotopic (exact) mass is 437 g/mol. The van der Waals surface area contributed by atoms with E-state index in [-0.39, 0.29) is 23.7 Å². The van der Waals surface area contributed by atoms with Crippen molar-refractivity contribution in [3.63, 3.8) is 0 Å². The molecule has 4 N–H and O–H groups in total. The molecule has 7 heteroatoms. The molecule has 0 fully saturated rings. The number of hydrogen-bond acceptors (Lipinski definition) is 4. The highest BCUT2D eigenvalue weighted by Crippen LogP contribution is 2.45. The van der Waals surface area contributed by atoms with Gasteiger partial charge in [0.2, 0.25) is 0 Å². The molecule has 0 amide bonds. The van der Waals surface area contributed by atoms with E-state index in [9.17, 15) is 13.2 Å². The van der Waals surface area contributed by atoms with Crippen molar-refractivity contribution in [3.8, 4) is 0 Å². The largest absolute Gasteiger partial charge is 0.370 e. The van der Waals surface area contributed by atoms with Gasteiger partial charge in [-0.2, -0.15) is 0 Å². The van der Waals surface area contributed by atoms with Crippen molar-refractivity contribution in [2.24, 2.45) is 27.8 Å². The van der Waals surface area contributed by atoms with Gasteiger partial charge in [-0.15, -0.1) is 6.58 Å². The summed E-state index contributed by atoms with van der Waals surface area (Å²) in [5.41, 5.74) is 12.6. The number of guanidine groups is 1. The average molecular weight is 438 g/mol. The molecule has 1 aliphatic rings. The first-order valence-electron chi connectivity index (χ1n) is 10.6. The smallest absolute Gasteiger partial charge is 0.185 e. The van der Waals surface area contributed by atoms with Crippen molar-refractivity contribution in [1.82, 2.24) is 0 Å². The molecule has 0 radical (unpaired) electrons. The minimum Gasteiger partial charge on any atom is -0.370 e. The molecular weight excluding hydrogens is 398 g/mol. The third-order valence-corrected chi connectivity index (χ3v) is 9.32. The van der Waals surface area contributed by atoms with Gasteiger partial charge in [0.25, 0.3) is 0 Å². The Bertz CT molecular complexity index is 810. The van der Waals surface area contributed by atoms with Gasteiger partial charge in [0.05, 0.1) is 17.0 Å². The summed E-state index contributed by atoms with van der Waals surface area (Å²) in [5, 5.41) is 0. The van der Waals surface area contributed by atoms with Crippen molar-refractivity contribution in [2.45, 2.75) is 71.0 Å². The van der Waals surface area contributed by atoms with Crippen molar-refractivity contribution in [1.29, 1.82) is 0 Å². The molecule has 0 unspecified atom stereocenters. The number of nitrogens with zero attached hydrogens (tertiary/aromatic N) is 1. The third-order valence-electron chi connectivity index (χ3n) is 6.81. The molecule has 6 nitrogen and oxygen atoms in total. The maximum absolute atomic E-state index is 12.7. The lowest BCUT2D eigenvalue weighted by atomic mass is 9.65. The molecule has 0 aliphatic heterocycles. The fraction of sp³-hybridized carbons (Fsp3) is 0.652. The van der Waals surface area contributed by atoms with Crippen LogP contribution in [0.15, 0.2) is 40.9 Å². The van der Waals surface area contributed by atoms with Gasteiger partial charge in [-0.3, -0.25) is 9.79 Å². The second-order valence-electron chi connectivity index (χ2n) is 8.90. The minimum atomic E-state index is -3.43. The van der Waals surface area contributed by atoms with Gasteiger partial charge < -0.3 is 11.5 Å². The number of sulfone groups is 1. The first kappa shape index (κ1) is 26.1. The molecule has 0 aromatic carbocycles. The number of aldehydes is 1. The molecule has 170 valence electrons. The number of allylic oxidation sites excluding steroid dienone is 4. The van der Waals surface area contributed by atoms with Crippen LogP contribution in [-0.2, 0) is 14.6 Å². The summed E-state index contributed by atoms with van der Waals surface area (Å²) in [4.78, 5) is 15.3. The zero-order valence-electron chi connectivity index (χ0n) is 19.0. The summed E-state index contributed by atoms with van der Waals surface area (Å²) >= 11 is 0. The fourth-order valence-corrected chi connectivity index (χ4v) is 5.46. The predicted molar refractivity (Wildman–Crippen MR) is 126 cm³/mol. The molecule has 0 heterocycles. The molecule has 0 aromatic rings. The van der Waals surface area contributed by atoms with Gasteiger partial charge in [-0.25, -0.2) is 8.42 Å².